The molecule has 1 heterocycles. The zero-order valence-electron chi connectivity index (χ0n) is 17.2. The molecule has 2 atom stereocenters. The number of fused-ring (bicyclic) bond motifs is 1. The highest BCUT2D eigenvalue weighted by Crippen LogP contribution is 2.29. The molecule has 2 aliphatic rings. The molecule has 0 fully saturated rings. The number of rotatable bonds is 8. The van der Waals surface area contributed by atoms with E-state index < -0.39 is 0 Å². The second-order valence-electron chi connectivity index (χ2n) is 8.41. The number of carbonyl (C=O) groups is 1. The normalized spacial score (nSPS) is 22.3. The number of hydrogen-bond donors (Lipinski definition) is 1. The summed E-state index contributed by atoms with van der Waals surface area (Å²) in [5.41, 5.74) is 6.08. The highest BCUT2D eigenvalue weighted by molar-refractivity contribution is 6.24. The lowest BCUT2D eigenvalue weighted by atomic mass is 10.0. The number of nitrogens with zero attached hydrogens (tertiary/aromatic N) is 1. The van der Waals surface area contributed by atoms with Crippen molar-refractivity contribution in [1.29, 1.82) is 0 Å². The first-order valence-corrected chi connectivity index (χ1v) is 10.6. The molecule has 3 heteroatoms. The van der Waals surface area contributed by atoms with Crippen LogP contribution in [0.5, 0.6) is 0 Å². The maximum atomic E-state index is 12.2. The number of hydrogen-bond acceptors (Lipinski definition) is 3. The minimum atomic E-state index is 0.316. The molecular formula is C24H34N2O. The van der Waals surface area contributed by atoms with E-state index in [2.05, 4.69) is 50.4 Å². The average molecular weight is 367 g/mol. The molecule has 0 saturated heterocycles. The third-order valence-corrected chi connectivity index (χ3v) is 5.75. The minimum absolute atomic E-state index is 0.316. The second kappa shape index (κ2) is 9.45. The first kappa shape index (κ1) is 20.0. The molecule has 1 N–H and O–H groups in total. The van der Waals surface area contributed by atoms with Gasteiger partial charge in [-0.2, -0.15) is 0 Å². The zero-order valence-corrected chi connectivity index (χ0v) is 17.2. The Kier molecular flexibility index (Phi) is 7.01. The zero-order chi connectivity index (χ0) is 19.2. The fourth-order valence-electron chi connectivity index (χ4n) is 4.34. The van der Waals surface area contributed by atoms with E-state index in [0.29, 0.717) is 24.2 Å². The van der Waals surface area contributed by atoms with Crippen LogP contribution in [0.1, 0.15) is 68.6 Å². The maximum absolute atomic E-state index is 12.2. The molecule has 1 aromatic rings. The average Bonchev–Trinajstić information content (AvgIpc) is 2.89. The third kappa shape index (κ3) is 5.62. The van der Waals surface area contributed by atoms with Crippen LogP contribution >= 0.6 is 0 Å². The lowest BCUT2D eigenvalue weighted by Gasteiger charge is -2.12. The van der Waals surface area contributed by atoms with Crippen LogP contribution in [-0.2, 0) is 11.3 Å². The van der Waals surface area contributed by atoms with Crippen molar-refractivity contribution in [3.8, 4) is 0 Å². The molecule has 0 bridgehead atoms. The molecule has 0 aromatic heterocycles. The van der Waals surface area contributed by atoms with Crippen molar-refractivity contribution >= 4 is 11.5 Å². The number of benzene rings is 1. The topological polar surface area (TPSA) is 41.5 Å². The number of unbranched alkanes of at least 4 members (excludes halogenated alkanes) is 2. The number of carbonyl (C=O) groups excluding carboxylic acids is 1. The molecule has 1 aliphatic heterocycles. The van der Waals surface area contributed by atoms with Gasteiger partial charge in [0.2, 0.25) is 0 Å². The molecule has 27 heavy (non-hydrogen) atoms. The molecule has 0 amide bonds. The van der Waals surface area contributed by atoms with Gasteiger partial charge in [0.25, 0.3) is 0 Å². The van der Waals surface area contributed by atoms with Crippen molar-refractivity contribution in [3.05, 3.63) is 46.5 Å². The number of aliphatic imine (C=N–C) groups is 1. The highest BCUT2D eigenvalue weighted by Gasteiger charge is 2.29. The minimum Gasteiger partial charge on any atom is -0.313 e. The highest BCUT2D eigenvalue weighted by atomic mass is 16.1. The van der Waals surface area contributed by atoms with Gasteiger partial charge >= 0.3 is 0 Å². The van der Waals surface area contributed by atoms with Gasteiger partial charge in [0, 0.05) is 30.2 Å². The van der Waals surface area contributed by atoms with E-state index in [-0.39, 0.29) is 0 Å². The number of aryl methyl sites for hydroxylation is 2. The molecule has 3 rings (SSSR count). The predicted molar refractivity (Wildman–Crippen MR) is 113 cm³/mol. The summed E-state index contributed by atoms with van der Waals surface area (Å²) in [4.78, 5) is 17.2. The van der Waals surface area contributed by atoms with Gasteiger partial charge in [-0.25, -0.2) is 0 Å². The second-order valence-corrected chi connectivity index (χ2v) is 8.41. The summed E-state index contributed by atoms with van der Waals surface area (Å²) in [6.07, 6.45) is 9.45. The van der Waals surface area contributed by atoms with Crippen molar-refractivity contribution in [2.24, 2.45) is 10.9 Å². The lowest BCUT2D eigenvalue weighted by molar-refractivity contribution is -0.115. The van der Waals surface area contributed by atoms with Crippen LogP contribution < -0.4 is 5.32 Å². The quantitative estimate of drug-likeness (QED) is 0.651. The SMILES string of the molecule is Cc1cc(C)cc(CNCCCCCC2CCC(=O)C3=CCC(C)C3=N2)c1. The van der Waals surface area contributed by atoms with E-state index in [4.69, 9.17) is 4.99 Å². The molecule has 0 spiro atoms. The summed E-state index contributed by atoms with van der Waals surface area (Å²) in [7, 11) is 0. The van der Waals surface area contributed by atoms with Gasteiger partial charge in [0.15, 0.2) is 5.78 Å². The van der Waals surface area contributed by atoms with Gasteiger partial charge in [-0.3, -0.25) is 9.79 Å². The summed E-state index contributed by atoms with van der Waals surface area (Å²) in [5.74, 6) is 0.746. The van der Waals surface area contributed by atoms with Crippen LogP contribution in [-0.4, -0.2) is 24.1 Å². The van der Waals surface area contributed by atoms with Crippen LogP contribution in [0.3, 0.4) is 0 Å². The van der Waals surface area contributed by atoms with Gasteiger partial charge in [-0.05, 0) is 51.6 Å². The van der Waals surface area contributed by atoms with E-state index in [0.717, 1.165) is 43.6 Å². The standard InChI is InChI=1S/C24H34N2O/c1-17-13-18(2)15-20(14-17)16-25-12-6-4-5-7-21-9-11-23(27)22-10-8-19(3)24(22)26-21/h10,13-15,19,21,25H,4-9,11-12,16H2,1-3H3. The van der Waals surface area contributed by atoms with Gasteiger partial charge in [-0.1, -0.05) is 55.2 Å². The van der Waals surface area contributed by atoms with Crippen LogP contribution in [0.4, 0.5) is 0 Å². The fourth-order valence-corrected chi connectivity index (χ4v) is 4.34. The van der Waals surface area contributed by atoms with E-state index in [1.165, 1.54) is 36.0 Å². The molecule has 0 saturated carbocycles. The fraction of sp³-hybridized carbons (Fsp3) is 0.583. The Balaban J connectivity index is 1.34. The van der Waals surface area contributed by atoms with E-state index >= 15 is 0 Å². The molecule has 0 radical (unpaired) electrons. The van der Waals surface area contributed by atoms with Crippen molar-refractivity contribution in [3.63, 3.8) is 0 Å². The van der Waals surface area contributed by atoms with Crippen LogP contribution in [0, 0.1) is 19.8 Å². The molecule has 1 aromatic carbocycles. The monoisotopic (exact) mass is 366 g/mol. The van der Waals surface area contributed by atoms with Crippen molar-refractivity contribution in [1.82, 2.24) is 5.32 Å². The van der Waals surface area contributed by atoms with Crippen molar-refractivity contribution in [2.75, 3.05) is 6.54 Å². The van der Waals surface area contributed by atoms with Gasteiger partial charge in [-0.15, -0.1) is 0 Å². The van der Waals surface area contributed by atoms with Crippen LogP contribution in [0.15, 0.2) is 34.8 Å². The molecule has 3 nitrogen and oxygen atoms in total. The first-order valence-electron chi connectivity index (χ1n) is 10.6. The van der Waals surface area contributed by atoms with Gasteiger partial charge < -0.3 is 5.32 Å². The molecular weight excluding hydrogens is 332 g/mol. The predicted octanol–water partition coefficient (Wildman–Crippen LogP) is 5.09. The Morgan fingerprint density at radius 1 is 1.11 bits per heavy atom. The summed E-state index contributed by atoms with van der Waals surface area (Å²) in [5, 5.41) is 3.57. The Morgan fingerprint density at radius 3 is 2.67 bits per heavy atom. The van der Waals surface area contributed by atoms with Gasteiger partial charge in [0.1, 0.15) is 0 Å². The molecule has 2 unspecified atom stereocenters. The summed E-state index contributed by atoms with van der Waals surface area (Å²) < 4.78 is 0. The summed E-state index contributed by atoms with van der Waals surface area (Å²) >= 11 is 0. The van der Waals surface area contributed by atoms with E-state index in [1.807, 2.05) is 0 Å². The molecule has 146 valence electrons. The number of allylic oxidation sites excluding steroid dienone is 2. The van der Waals surface area contributed by atoms with Crippen molar-refractivity contribution < 1.29 is 4.79 Å². The number of Topliss-reactive ketones (excluding diaryl/α,β-unsaturated/α-hetero) is 1. The van der Waals surface area contributed by atoms with E-state index in [1.54, 1.807) is 0 Å². The van der Waals surface area contributed by atoms with Crippen molar-refractivity contribution in [2.45, 2.75) is 78.3 Å². The Bertz CT molecular complexity index is 712. The Hall–Kier alpha value is -1.74. The summed E-state index contributed by atoms with van der Waals surface area (Å²) in [6.45, 7) is 8.53. The largest absolute Gasteiger partial charge is 0.313 e. The molecule has 1 aliphatic carbocycles. The Morgan fingerprint density at radius 2 is 1.89 bits per heavy atom. The lowest BCUT2D eigenvalue weighted by Crippen LogP contribution is -2.15. The summed E-state index contributed by atoms with van der Waals surface area (Å²) in [6, 6.07) is 7.09. The number of nitrogens with one attached hydrogen (secondary N) is 1. The smallest absolute Gasteiger partial charge is 0.164 e. The van der Waals surface area contributed by atoms with Crippen LogP contribution in [0.2, 0.25) is 0 Å². The number of ketones is 1. The van der Waals surface area contributed by atoms with E-state index in [9.17, 15) is 4.79 Å². The third-order valence-electron chi connectivity index (χ3n) is 5.75. The van der Waals surface area contributed by atoms with Gasteiger partial charge in [0.05, 0.1) is 6.04 Å². The first-order chi connectivity index (χ1) is 13.0. The Labute approximate surface area is 164 Å². The van der Waals surface area contributed by atoms with Crippen LogP contribution in [0.25, 0.3) is 0 Å². The maximum Gasteiger partial charge on any atom is 0.164 e.